The van der Waals surface area contributed by atoms with Crippen LogP contribution in [0.3, 0.4) is 0 Å². The van der Waals surface area contributed by atoms with E-state index in [-0.39, 0.29) is 5.54 Å². The van der Waals surface area contributed by atoms with Crippen LogP contribution in [0.15, 0.2) is 5.11 Å². The molecule has 0 N–H and O–H groups in total. The van der Waals surface area contributed by atoms with Gasteiger partial charge in [0.25, 0.3) is 0 Å². The fourth-order valence-electron chi connectivity index (χ4n) is 2.76. The Bertz CT molecular complexity index is 225. The number of nitrogens with zero attached hydrogens (tertiary/aromatic N) is 3. The molecule has 0 aliphatic heterocycles. The average Bonchev–Trinajstić information content (AvgIpc) is 2.73. The molecule has 0 radical (unpaired) electrons. The Kier molecular flexibility index (Phi) is 6.32. The van der Waals surface area contributed by atoms with E-state index in [1.807, 2.05) is 0 Å². The van der Waals surface area contributed by atoms with Crippen molar-refractivity contribution in [3.05, 3.63) is 10.4 Å². The van der Waals surface area contributed by atoms with Crippen LogP contribution < -0.4 is 0 Å². The van der Waals surface area contributed by atoms with E-state index in [2.05, 4.69) is 16.9 Å². The third kappa shape index (κ3) is 4.44. The molecule has 0 saturated heterocycles. The predicted octanol–water partition coefficient (Wildman–Crippen LogP) is 5.36. The number of hydrogen-bond donors (Lipinski definition) is 0. The lowest BCUT2D eigenvalue weighted by Crippen LogP contribution is -2.20. The van der Waals surface area contributed by atoms with Crippen molar-refractivity contribution in [2.45, 2.75) is 83.1 Å². The lowest BCUT2D eigenvalue weighted by Gasteiger charge is -2.22. The van der Waals surface area contributed by atoms with Crippen molar-refractivity contribution in [3.63, 3.8) is 0 Å². The molecule has 3 nitrogen and oxygen atoms in total. The van der Waals surface area contributed by atoms with Crippen LogP contribution in [-0.4, -0.2) is 5.54 Å². The zero-order valence-corrected chi connectivity index (χ0v) is 10.6. The van der Waals surface area contributed by atoms with Gasteiger partial charge in [0, 0.05) is 10.5 Å². The van der Waals surface area contributed by atoms with E-state index < -0.39 is 0 Å². The molecule has 1 fully saturated rings. The summed E-state index contributed by atoms with van der Waals surface area (Å²) in [6.45, 7) is 2.25. The monoisotopic (exact) mass is 223 g/mol. The van der Waals surface area contributed by atoms with Gasteiger partial charge in [0.2, 0.25) is 0 Å². The van der Waals surface area contributed by atoms with Gasteiger partial charge in [-0.1, -0.05) is 63.4 Å². The minimum absolute atomic E-state index is 0.000490. The summed E-state index contributed by atoms with van der Waals surface area (Å²) >= 11 is 0. The SMILES string of the molecule is CCCCCCCCC1(N=[N+]=[N-])CCCC1. The maximum atomic E-state index is 8.62. The van der Waals surface area contributed by atoms with E-state index >= 15 is 0 Å². The molecular weight excluding hydrogens is 198 g/mol. The largest absolute Gasteiger partial charge is 0.0873 e. The molecule has 1 saturated carbocycles. The highest BCUT2D eigenvalue weighted by Gasteiger charge is 2.31. The molecule has 92 valence electrons. The summed E-state index contributed by atoms with van der Waals surface area (Å²) in [6, 6.07) is 0. The molecule has 0 bridgehead atoms. The van der Waals surface area contributed by atoms with Gasteiger partial charge in [-0.05, 0) is 24.8 Å². The number of unbranched alkanes of at least 4 members (excludes halogenated alkanes) is 5. The molecule has 1 aliphatic rings. The van der Waals surface area contributed by atoms with Gasteiger partial charge in [-0.25, -0.2) is 0 Å². The molecule has 0 spiro atoms. The Morgan fingerprint density at radius 3 is 2.31 bits per heavy atom. The fourth-order valence-corrected chi connectivity index (χ4v) is 2.76. The molecule has 1 aliphatic carbocycles. The van der Waals surface area contributed by atoms with Crippen LogP contribution in [0.1, 0.15) is 77.6 Å². The van der Waals surface area contributed by atoms with E-state index in [0.29, 0.717) is 0 Å². The molecule has 0 heterocycles. The molecule has 0 atom stereocenters. The first-order valence-corrected chi connectivity index (χ1v) is 6.89. The molecule has 0 unspecified atom stereocenters. The van der Waals surface area contributed by atoms with Crippen molar-refractivity contribution in [1.29, 1.82) is 0 Å². The van der Waals surface area contributed by atoms with Crippen LogP contribution >= 0.6 is 0 Å². The fraction of sp³-hybridized carbons (Fsp3) is 1.00. The molecule has 3 heteroatoms. The molecule has 0 aromatic heterocycles. The summed E-state index contributed by atoms with van der Waals surface area (Å²) < 4.78 is 0. The van der Waals surface area contributed by atoms with Crippen LogP contribution in [0.25, 0.3) is 10.4 Å². The summed E-state index contributed by atoms with van der Waals surface area (Å²) in [4.78, 5) is 3.04. The maximum absolute atomic E-state index is 8.62. The van der Waals surface area contributed by atoms with Crippen LogP contribution in [-0.2, 0) is 0 Å². The van der Waals surface area contributed by atoms with Crippen LogP contribution in [0.2, 0.25) is 0 Å². The Labute approximate surface area is 99.2 Å². The van der Waals surface area contributed by atoms with Crippen molar-refractivity contribution in [3.8, 4) is 0 Å². The zero-order valence-electron chi connectivity index (χ0n) is 10.6. The average molecular weight is 223 g/mol. The second-order valence-electron chi connectivity index (χ2n) is 5.14. The summed E-state index contributed by atoms with van der Waals surface area (Å²) in [7, 11) is 0. The van der Waals surface area contributed by atoms with Crippen LogP contribution in [0, 0.1) is 0 Å². The quantitative estimate of drug-likeness (QED) is 0.230. The molecular formula is C13H25N3. The highest BCUT2D eigenvalue weighted by molar-refractivity contribution is 4.92. The van der Waals surface area contributed by atoms with Crippen molar-refractivity contribution in [1.82, 2.24) is 0 Å². The second-order valence-corrected chi connectivity index (χ2v) is 5.14. The summed E-state index contributed by atoms with van der Waals surface area (Å²) in [5, 5.41) is 4.07. The Morgan fingerprint density at radius 2 is 1.69 bits per heavy atom. The third-order valence-electron chi connectivity index (χ3n) is 3.79. The smallest absolute Gasteiger partial charge is 0.0488 e. The molecule has 0 aromatic rings. The van der Waals surface area contributed by atoms with Gasteiger partial charge in [0.1, 0.15) is 0 Å². The van der Waals surface area contributed by atoms with E-state index in [4.69, 9.17) is 5.53 Å². The van der Waals surface area contributed by atoms with Crippen molar-refractivity contribution < 1.29 is 0 Å². The van der Waals surface area contributed by atoms with E-state index in [1.165, 1.54) is 51.4 Å². The Morgan fingerprint density at radius 1 is 1.06 bits per heavy atom. The van der Waals surface area contributed by atoms with Crippen molar-refractivity contribution in [2.75, 3.05) is 0 Å². The number of azide groups is 1. The Balaban J connectivity index is 2.16. The van der Waals surface area contributed by atoms with E-state index in [1.54, 1.807) is 0 Å². The standard InChI is InChI=1S/C13H25N3/c1-2-3-4-5-6-7-10-13(15-16-14)11-8-9-12-13/h2-12H2,1H3. The number of hydrogen-bond acceptors (Lipinski definition) is 1. The van der Waals surface area contributed by atoms with E-state index in [9.17, 15) is 0 Å². The minimum Gasteiger partial charge on any atom is -0.0873 e. The molecule has 1 rings (SSSR count). The lowest BCUT2D eigenvalue weighted by molar-refractivity contribution is 0.382. The normalized spacial score (nSPS) is 18.3. The van der Waals surface area contributed by atoms with Gasteiger partial charge in [0.05, 0.1) is 0 Å². The predicted molar refractivity (Wildman–Crippen MR) is 68.3 cm³/mol. The highest BCUT2D eigenvalue weighted by Crippen LogP contribution is 2.37. The maximum Gasteiger partial charge on any atom is 0.0488 e. The first-order chi connectivity index (χ1) is 7.83. The highest BCUT2D eigenvalue weighted by atomic mass is 15.2. The first-order valence-electron chi connectivity index (χ1n) is 6.89. The van der Waals surface area contributed by atoms with Crippen LogP contribution in [0.4, 0.5) is 0 Å². The topological polar surface area (TPSA) is 48.8 Å². The summed E-state index contributed by atoms with van der Waals surface area (Å²) in [5.74, 6) is 0. The first kappa shape index (κ1) is 13.4. The summed E-state index contributed by atoms with van der Waals surface area (Å²) in [6.07, 6.45) is 13.8. The molecule has 16 heavy (non-hydrogen) atoms. The van der Waals surface area contributed by atoms with Gasteiger partial charge in [-0.3, -0.25) is 0 Å². The van der Waals surface area contributed by atoms with Gasteiger partial charge in [-0.15, -0.1) is 0 Å². The van der Waals surface area contributed by atoms with Crippen molar-refractivity contribution in [2.24, 2.45) is 5.11 Å². The minimum atomic E-state index is -0.000490. The summed E-state index contributed by atoms with van der Waals surface area (Å²) in [5.41, 5.74) is 8.62. The number of rotatable bonds is 8. The van der Waals surface area contributed by atoms with Gasteiger partial charge in [-0.2, -0.15) is 0 Å². The zero-order chi connectivity index (χ0) is 11.7. The molecule has 0 aromatic carbocycles. The lowest BCUT2D eigenvalue weighted by atomic mass is 9.91. The van der Waals surface area contributed by atoms with Crippen LogP contribution in [0.5, 0.6) is 0 Å². The van der Waals surface area contributed by atoms with Gasteiger partial charge >= 0.3 is 0 Å². The van der Waals surface area contributed by atoms with Crippen molar-refractivity contribution >= 4 is 0 Å². The second kappa shape index (κ2) is 7.56. The van der Waals surface area contributed by atoms with E-state index in [0.717, 1.165) is 19.3 Å². The van der Waals surface area contributed by atoms with Gasteiger partial charge in [0.15, 0.2) is 0 Å². The molecule has 0 amide bonds. The Hall–Kier alpha value is -0.690. The van der Waals surface area contributed by atoms with Gasteiger partial charge < -0.3 is 0 Å². The third-order valence-corrected chi connectivity index (χ3v) is 3.79.